The van der Waals surface area contributed by atoms with Crippen LogP contribution in [0.25, 0.3) is 0 Å². The Balaban J connectivity index is 1.71. The molecule has 3 aromatic rings. The van der Waals surface area contributed by atoms with E-state index in [1.54, 1.807) is 0 Å². The fraction of sp³-hybridized carbons (Fsp3) is 0.100. The van der Waals surface area contributed by atoms with E-state index in [1.165, 1.54) is 42.6 Å². The topological polar surface area (TPSA) is 72.5 Å². The van der Waals surface area contributed by atoms with Crippen molar-refractivity contribution < 1.29 is 40.6 Å². The molecule has 2 N–H and O–H groups in total. The molecule has 168 valence electrons. The first-order valence-electron chi connectivity index (χ1n) is 8.74. The van der Waals surface area contributed by atoms with Crippen molar-refractivity contribution >= 4 is 17.4 Å². The van der Waals surface area contributed by atoms with Crippen LogP contribution in [0.1, 0.15) is 5.56 Å². The van der Waals surface area contributed by atoms with Crippen LogP contribution in [0, 0.1) is 0 Å². The number of para-hydroxylation sites is 1. The molecule has 0 saturated carbocycles. The molecule has 2 amide bonds. The lowest BCUT2D eigenvalue weighted by molar-refractivity contribution is -0.274. The number of carbonyl (C=O) groups excluding carboxylic acids is 1. The zero-order chi connectivity index (χ0) is 23.4. The number of hydrogen-bond acceptors (Lipinski definition) is 4. The van der Waals surface area contributed by atoms with Gasteiger partial charge in [-0.1, -0.05) is 12.1 Å². The number of alkyl halides is 6. The van der Waals surface area contributed by atoms with Gasteiger partial charge in [-0.3, -0.25) is 0 Å². The molecule has 0 saturated heterocycles. The van der Waals surface area contributed by atoms with Crippen LogP contribution in [0.4, 0.5) is 42.5 Å². The maximum atomic E-state index is 13.2. The van der Waals surface area contributed by atoms with Crippen molar-refractivity contribution in [3.8, 4) is 17.4 Å². The molecule has 0 atom stereocenters. The Morgan fingerprint density at radius 1 is 0.844 bits per heavy atom. The number of carbonyl (C=O) groups is 1. The van der Waals surface area contributed by atoms with E-state index in [0.29, 0.717) is 0 Å². The summed E-state index contributed by atoms with van der Waals surface area (Å²) in [6, 6.07) is 10.7. The molecule has 0 unspecified atom stereocenters. The lowest BCUT2D eigenvalue weighted by Crippen LogP contribution is -2.20. The first kappa shape index (κ1) is 22.7. The Morgan fingerprint density at radius 3 is 2.19 bits per heavy atom. The number of benzene rings is 2. The Morgan fingerprint density at radius 2 is 1.53 bits per heavy atom. The zero-order valence-corrected chi connectivity index (χ0v) is 15.8. The van der Waals surface area contributed by atoms with Crippen LogP contribution in [0.5, 0.6) is 17.4 Å². The lowest BCUT2D eigenvalue weighted by atomic mass is 10.2. The Bertz CT molecular complexity index is 1080. The largest absolute Gasteiger partial charge is 0.573 e. The van der Waals surface area contributed by atoms with Crippen LogP contribution in [0.2, 0.25) is 0 Å². The molecule has 0 radical (unpaired) electrons. The average Bonchev–Trinajstić information content (AvgIpc) is 2.69. The van der Waals surface area contributed by atoms with Crippen LogP contribution >= 0.6 is 0 Å². The van der Waals surface area contributed by atoms with Crippen LogP contribution in [-0.4, -0.2) is 17.4 Å². The van der Waals surface area contributed by atoms with Crippen molar-refractivity contribution in [3.63, 3.8) is 0 Å². The van der Waals surface area contributed by atoms with Gasteiger partial charge < -0.3 is 20.1 Å². The van der Waals surface area contributed by atoms with Gasteiger partial charge in [0, 0.05) is 11.9 Å². The van der Waals surface area contributed by atoms with Gasteiger partial charge in [0.25, 0.3) is 0 Å². The van der Waals surface area contributed by atoms with Crippen molar-refractivity contribution in [3.05, 3.63) is 72.4 Å². The highest BCUT2D eigenvalue weighted by molar-refractivity contribution is 6.00. The molecule has 0 aliphatic heterocycles. The minimum Gasteiger partial charge on any atom is -0.436 e. The van der Waals surface area contributed by atoms with Crippen molar-refractivity contribution in [2.24, 2.45) is 0 Å². The number of amides is 2. The van der Waals surface area contributed by atoms with Crippen LogP contribution in [-0.2, 0) is 6.18 Å². The third-order valence-electron chi connectivity index (χ3n) is 3.76. The van der Waals surface area contributed by atoms with Crippen LogP contribution < -0.4 is 20.1 Å². The van der Waals surface area contributed by atoms with E-state index in [2.05, 4.69) is 20.4 Å². The first-order valence-corrected chi connectivity index (χ1v) is 8.74. The van der Waals surface area contributed by atoms with Crippen LogP contribution in [0.3, 0.4) is 0 Å². The number of halogens is 6. The Hall–Kier alpha value is -3.96. The molecular formula is C20H13F6N3O3. The molecule has 0 fully saturated rings. The van der Waals surface area contributed by atoms with Crippen molar-refractivity contribution in [2.45, 2.75) is 12.5 Å². The predicted octanol–water partition coefficient (Wildman–Crippen LogP) is 6.44. The van der Waals surface area contributed by atoms with Gasteiger partial charge in [-0.2, -0.15) is 13.2 Å². The molecule has 2 aromatic carbocycles. The summed E-state index contributed by atoms with van der Waals surface area (Å²) in [5.74, 6) is -1.29. The molecule has 12 heteroatoms. The highest BCUT2D eigenvalue weighted by atomic mass is 19.4. The van der Waals surface area contributed by atoms with E-state index in [9.17, 15) is 31.1 Å². The van der Waals surface area contributed by atoms with Crippen molar-refractivity contribution in [1.29, 1.82) is 0 Å². The number of hydrogen-bond donors (Lipinski definition) is 2. The molecule has 32 heavy (non-hydrogen) atoms. The molecule has 0 aliphatic rings. The van der Waals surface area contributed by atoms with Crippen LogP contribution in [0.15, 0.2) is 66.9 Å². The number of urea groups is 1. The second-order valence-corrected chi connectivity index (χ2v) is 6.10. The number of nitrogens with zero attached hydrogens (tertiary/aromatic N) is 1. The summed E-state index contributed by atoms with van der Waals surface area (Å²) in [4.78, 5) is 16.1. The van der Waals surface area contributed by atoms with Gasteiger partial charge in [-0.15, -0.1) is 13.2 Å². The lowest BCUT2D eigenvalue weighted by Gasteiger charge is -2.15. The van der Waals surface area contributed by atoms with Gasteiger partial charge in [0.2, 0.25) is 5.88 Å². The molecule has 6 nitrogen and oxygen atoms in total. The van der Waals surface area contributed by atoms with Gasteiger partial charge >= 0.3 is 18.6 Å². The fourth-order valence-electron chi connectivity index (χ4n) is 2.49. The normalized spacial score (nSPS) is 11.6. The molecular weight excluding hydrogens is 444 g/mol. The summed E-state index contributed by atoms with van der Waals surface area (Å²) in [5.41, 5.74) is -0.938. The number of aromatic nitrogens is 1. The first-order chi connectivity index (χ1) is 15.0. The van der Waals surface area contributed by atoms with Gasteiger partial charge in [-0.05, 0) is 48.5 Å². The quantitative estimate of drug-likeness (QED) is 0.433. The highest BCUT2D eigenvalue weighted by Gasteiger charge is 2.34. The monoisotopic (exact) mass is 457 g/mol. The van der Waals surface area contributed by atoms with E-state index in [4.69, 9.17) is 4.74 Å². The zero-order valence-electron chi connectivity index (χ0n) is 15.8. The van der Waals surface area contributed by atoms with E-state index in [1.807, 2.05) is 0 Å². The summed E-state index contributed by atoms with van der Waals surface area (Å²) >= 11 is 0. The van der Waals surface area contributed by atoms with Gasteiger partial charge in [0.15, 0.2) is 0 Å². The Kier molecular flexibility index (Phi) is 6.42. The van der Waals surface area contributed by atoms with E-state index >= 15 is 0 Å². The SMILES string of the molecule is O=C(Nc1ccc(OC(F)(F)F)cc1)Nc1cccnc1Oc1ccccc1C(F)(F)F. The fourth-order valence-corrected chi connectivity index (χ4v) is 2.49. The standard InChI is InChI=1S/C20H13F6N3O3/c21-19(22,23)14-4-1-2-6-16(14)31-17-15(5-3-11-27-17)29-18(30)28-12-7-9-13(10-8-12)32-20(24,25)26/h1-11H,(H2,28,29,30). The summed E-state index contributed by atoms with van der Waals surface area (Å²) in [6.45, 7) is 0. The van der Waals surface area contributed by atoms with Gasteiger partial charge in [-0.25, -0.2) is 9.78 Å². The van der Waals surface area contributed by atoms with Gasteiger partial charge in [0.05, 0.1) is 5.56 Å². The second-order valence-electron chi connectivity index (χ2n) is 6.10. The minimum atomic E-state index is -4.85. The summed E-state index contributed by atoms with van der Waals surface area (Å²) in [6.07, 6.45) is -8.26. The maximum Gasteiger partial charge on any atom is 0.573 e. The molecule has 1 aromatic heterocycles. The number of anilines is 2. The third kappa shape index (κ3) is 6.27. The van der Waals surface area contributed by atoms with E-state index < -0.39 is 35.6 Å². The number of nitrogens with one attached hydrogen (secondary N) is 2. The Labute approximate surface area is 176 Å². The number of pyridine rings is 1. The molecule has 0 bridgehead atoms. The highest BCUT2D eigenvalue weighted by Crippen LogP contribution is 2.38. The summed E-state index contributed by atoms with van der Waals surface area (Å²) in [5, 5.41) is 4.72. The molecule has 0 spiro atoms. The molecule has 3 rings (SSSR count). The molecule has 1 heterocycles. The summed E-state index contributed by atoms with van der Waals surface area (Å²) < 4.78 is 85.1. The average molecular weight is 457 g/mol. The number of ether oxygens (including phenoxy) is 2. The minimum absolute atomic E-state index is 0.0426. The number of rotatable bonds is 5. The van der Waals surface area contributed by atoms with E-state index in [-0.39, 0.29) is 17.3 Å². The molecule has 0 aliphatic carbocycles. The van der Waals surface area contributed by atoms with Crippen molar-refractivity contribution in [2.75, 3.05) is 10.6 Å². The second kappa shape index (κ2) is 9.04. The smallest absolute Gasteiger partial charge is 0.436 e. The third-order valence-corrected chi connectivity index (χ3v) is 3.76. The summed E-state index contributed by atoms with van der Waals surface area (Å²) in [7, 11) is 0. The predicted molar refractivity (Wildman–Crippen MR) is 102 cm³/mol. The van der Waals surface area contributed by atoms with Gasteiger partial charge in [0.1, 0.15) is 17.2 Å². The van der Waals surface area contributed by atoms with Crippen molar-refractivity contribution in [1.82, 2.24) is 4.98 Å². The maximum absolute atomic E-state index is 13.2. The van der Waals surface area contributed by atoms with E-state index in [0.717, 1.165) is 24.3 Å².